The van der Waals surface area contributed by atoms with Gasteiger partial charge in [-0.05, 0) is 36.6 Å². The summed E-state index contributed by atoms with van der Waals surface area (Å²) in [5, 5.41) is 8.36. The minimum absolute atomic E-state index is 0.0264. The van der Waals surface area contributed by atoms with E-state index in [0.717, 1.165) is 5.56 Å². The second-order valence-corrected chi connectivity index (χ2v) is 7.19. The van der Waals surface area contributed by atoms with Crippen molar-refractivity contribution in [2.45, 2.75) is 31.4 Å². The standard InChI is InChI=1S/C20H23F3N4O3/c1-30-15-4-2-3-13(9-15)10-18(28)27-7-5-14(6-8-27)16-11-17(26-25-16)19(29)24-12-20(21,22)23/h2-4,9,11,14H,5-8,10,12H2,1H3,(H,24,29)(H,25,26). The van der Waals surface area contributed by atoms with Gasteiger partial charge in [0, 0.05) is 24.7 Å². The van der Waals surface area contributed by atoms with Crippen LogP contribution < -0.4 is 10.1 Å². The van der Waals surface area contributed by atoms with Crippen molar-refractivity contribution in [1.82, 2.24) is 20.4 Å². The maximum atomic E-state index is 12.6. The molecule has 2 aromatic rings. The van der Waals surface area contributed by atoms with Gasteiger partial charge in [0.15, 0.2) is 0 Å². The summed E-state index contributed by atoms with van der Waals surface area (Å²) >= 11 is 0. The predicted octanol–water partition coefficient (Wildman–Crippen LogP) is 2.66. The van der Waals surface area contributed by atoms with Crippen LogP contribution in [-0.2, 0) is 11.2 Å². The molecule has 10 heteroatoms. The largest absolute Gasteiger partial charge is 0.497 e. The van der Waals surface area contributed by atoms with Crippen molar-refractivity contribution in [1.29, 1.82) is 0 Å². The van der Waals surface area contributed by atoms with Crippen molar-refractivity contribution in [2.24, 2.45) is 0 Å². The zero-order valence-electron chi connectivity index (χ0n) is 16.5. The minimum atomic E-state index is -4.47. The van der Waals surface area contributed by atoms with Crippen LogP contribution in [-0.4, -0.2) is 59.8 Å². The number of halogens is 3. The Morgan fingerprint density at radius 2 is 2.00 bits per heavy atom. The van der Waals surface area contributed by atoms with Gasteiger partial charge >= 0.3 is 6.18 Å². The van der Waals surface area contributed by atoms with Gasteiger partial charge < -0.3 is 15.0 Å². The summed E-state index contributed by atoms with van der Waals surface area (Å²) in [6.45, 7) is -0.286. The van der Waals surface area contributed by atoms with Gasteiger partial charge in [-0.2, -0.15) is 18.3 Å². The normalized spacial score (nSPS) is 15.1. The molecule has 0 bridgehead atoms. The molecular weight excluding hydrogens is 401 g/mol. The Morgan fingerprint density at radius 3 is 2.67 bits per heavy atom. The quantitative estimate of drug-likeness (QED) is 0.747. The maximum absolute atomic E-state index is 12.6. The summed E-state index contributed by atoms with van der Waals surface area (Å²) in [7, 11) is 1.58. The van der Waals surface area contributed by atoms with Crippen molar-refractivity contribution >= 4 is 11.8 Å². The number of carbonyl (C=O) groups excluding carboxylic acids is 2. The Morgan fingerprint density at radius 1 is 1.27 bits per heavy atom. The number of H-pyrrole nitrogens is 1. The summed E-state index contributed by atoms with van der Waals surface area (Å²) in [4.78, 5) is 26.2. The second-order valence-electron chi connectivity index (χ2n) is 7.19. The number of nitrogens with one attached hydrogen (secondary N) is 2. The molecule has 1 aliphatic rings. The van der Waals surface area contributed by atoms with Gasteiger partial charge in [-0.25, -0.2) is 0 Å². The van der Waals surface area contributed by atoms with Gasteiger partial charge in [0.05, 0.1) is 13.5 Å². The molecule has 0 aliphatic carbocycles. The van der Waals surface area contributed by atoms with Crippen LogP contribution in [0.15, 0.2) is 30.3 Å². The zero-order chi connectivity index (χ0) is 21.7. The first kappa shape index (κ1) is 21.7. The molecule has 162 valence electrons. The van der Waals surface area contributed by atoms with Crippen LogP contribution in [0.25, 0.3) is 0 Å². The molecule has 0 radical (unpaired) electrons. The molecule has 1 aromatic carbocycles. The average Bonchev–Trinajstić information content (AvgIpc) is 3.22. The number of likely N-dealkylation sites (tertiary alicyclic amines) is 1. The molecule has 1 fully saturated rings. The highest BCUT2D eigenvalue weighted by Gasteiger charge is 2.29. The van der Waals surface area contributed by atoms with Gasteiger partial charge in [-0.15, -0.1) is 0 Å². The average molecular weight is 424 g/mol. The summed E-state index contributed by atoms with van der Waals surface area (Å²) in [5.74, 6) is -0.0878. The van der Waals surface area contributed by atoms with Crippen molar-refractivity contribution in [2.75, 3.05) is 26.7 Å². The molecule has 0 atom stereocenters. The monoisotopic (exact) mass is 424 g/mol. The number of hydrogen-bond acceptors (Lipinski definition) is 4. The number of alkyl halides is 3. The van der Waals surface area contributed by atoms with Gasteiger partial charge in [0.2, 0.25) is 5.91 Å². The lowest BCUT2D eigenvalue weighted by Gasteiger charge is -2.31. The molecule has 1 aromatic heterocycles. The highest BCUT2D eigenvalue weighted by Crippen LogP contribution is 2.27. The van der Waals surface area contributed by atoms with E-state index in [1.807, 2.05) is 24.3 Å². The Balaban J connectivity index is 1.51. The third-order valence-corrected chi connectivity index (χ3v) is 5.06. The lowest BCUT2D eigenvalue weighted by molar-refractivity contribution is -0.131. The number of ether oxygens (including phenoxy) is 1. The van der Waals surface area contributed by atoms with Crippen LogP contribution in [0.1, 0.15) is 40.5 Å². The molecule has 1 saturated heterocycles. The van der Waals surface area contributed by atoms with E-state index < -0.39 is 18.6 Å². The predicted molar refractivity (Wildman–Crippen MR) is 102 cm³/mol. The Bertz CT molecular complexity index is 889. The van der Waals surface area contributed by atoms with E-state index in [2.05, 4.69) is 10.2 Å². The van der Waals surface area contributed by atoms with Crippen molar-refractivity contribution in [3.63, 3.8) is 0 Å². The molecule has 2 N–H and O–H groups in total. The Labute approximate surface area is 171 Å². The second kappa shape index (κ2) is 9.19. The number of hydrogen-bond donors (Lipinski definition) is 2. The van der Waals surface area contributed by atoms with Crippen molar-refractivity contribution in [3.8, 4) is 5.75 Å². The van der Waals surface area contributed by atoms with Gasteiger partial charge in [-0.3, -0.25) is 14.7 Å². The van der Waals surface area contributed by atoms with Crippen LogP contribution in [0, 0.1) is 0 Å². The lowest BCUT2D eigenvalue weighted by atomic mass is 9.93. The number of piperidine rings is 1. The third-order valence-electron chi connectivity index (χ3n) is 5.06. The molecule has 30 heavy (non-hydrogen) atoms. The van der Waals surface area contributed by atoms with Crippen molar-refractivity contribution in [3.05, 3.63) is 47.3 Å². The number of aromatic nitrogens is 2. The number of aromatic amines is 1. The maximum Gasteiger partial charge on any atom is 0.405 e. The number of methoxy groups -OCH3 is 1. The first-order valence-electron chi connectivity index (χ1n) is 9.56. The van der Waals surface area contributed by atoms with E-state index in [1.165, 1.54) is 6.07 Å². The number of carbonyl (C=O) groups is 2. The number of nitrogens with zero attached hydrogens (tertiary/aromatic N) is 2. The van der Waals surface area contributed by atoms with Crippen LogP contribution in [0.5, 0.6) is 5.75 Å². The van der Waals surface area contributed by atoms with Crippen LogP contribution >= 0.6 is 0 Å². The number of rotatable bonds is 6. The van der Waals surface area contributed by atoms with Gasteiger partial charge in [0.1, 0.15) is 18.0 Å². The van der Waals surface area contributed by atoms with Gasteiger partial charge in [0.25, 0.3) is 5.91 Å². The van der Waals surface area contributed by atoms with Crippen LogP contribution in [0.3, 0.4) is 0 Å². The first-order chi connectivity index (χ1) is 14.2. The van der Waals surface area contributed by atoms with E-state index in [9.17, 15) is 22.8 Å². The molecular formula is C20H23F3N4O3. The van der Waals surface area contributed by atoms with E-state index in [1.54, 1.807) is 17.3 Å². The van der Waals surface area contributed by atoms with E-state index in [-0.39, 0.29) is 23.9 Å². The Kier molecular flexibility index (Phi) is 6.63. The smallest absolute Gasteiger partial charge is 0.405 e. The molecule has 3 rings (SSSR count). The zero-order valence-corrected chi connectivity index (χ0v) is 16.5. The highest BCUT2D eigenvalue weighted by molar-refractivity contribution is 5.92. The first-order valence-corrected chi connectivity index (χ1v) is 9.56. The molecule has 1 aliphatic heterocycles. The lowest BCUT2D eigenvalue weighted by Crippen LogP contribution is -2.38. The third kappa shape index (κ3) is 5.74. The van der Waals surface area contributed by atoms with E-state index in [4.69, 9.17) is 4.74 Å². The summed E-state index contributed by atoms with van der Waals surface area (Å²) in [6.07, 6.45) is -2.83. The minimum Gasteiger partial charge on any atom is -0.497 e. The fourth-order valence-electron chi connectivity index (χ4n) is 3.44. The van der Waals surface area contributed by atoms with E-state index in [0.29, 0.717) is 37.4 Å². The molecule has 2 heterocycles. The van der Waals surface area contributed by atoms with Crippen LogP contribution in [0.4, 0.5) is 13.2 Å². The summed E-state index contributed by atoms with van der Waals surface area (Å²) in [6, 6.07) is 8.85. The van der Waals surface area contributed by atoms with Crippen LogP contribution in [0.2, 0.25) is 0 Å². The van der Waals surface area contributed by atoms with Gasteiger partial charge in [-0.1, -0.05) is 12.1 Å². The summed E-state index contributed by atoms with van der Waals surface area (Å²) < 4.78 is 41.8. The molecule has 0 spiro atoms. The summed E-state index contributed by atoms with van der Waals surface area (Å²) in [5.41, 5.74) is 1.49. The fraction of sp³-hybridized carbons (Fsp3) is 0.450. The van der Waals surface area contributed by atoms with E-state index >= 15 is 0 Å². The molecule has 0 saturated carbocycles. The number of amides is 2. The molecule has 0 unspecified atom stereocenters. The highest BCUT2D eigenvalue weighted by atomic mass is 19.4. The molecule has 7 nitrogen and oxygen atoms in total. The molecule has 2 amide bonds. The SMILES string of the molecule is COc1cccc(CC(=O)N2CCC(c3cc(C(=O)NCC(F)(F)F)n[nH]3)CC2)c1. The number of benzene rings is 1. The Hall–Kier alpha value is -3.04. The topological polar surface area (TPSA) is 87.3 Å². The van der Waals surface area contributed by atoms with Crippen molar-refractivity contribution < 1.29 is 27.5 Å². The fourth-order valence-corrected chi connectivity index (χ4v) is 3.44.